The Morgan fingerprint density at radius 2 is 1.56 bits per heavy atom. The molecule has 0 unspecified atom stereocenters. The van der Waals surface area contributed by atoms with E-state index in [1.54, 1.807) is 24.4 Å². The van der Waals surface area contributed by atoms with Gasteiger partial charge in [-0.1, -0.05) is 6.07 Å². The fourth-order valence-corrected chi connectivity index (χ4v) is 1.24. The Labute approximate surface area is 101 Å². The van der Waals surface area contributed by atoms with Crippen molar-refractivity contribution in [2.75, 3.05) is 0 Å². The summed E-state index contributed by atoms with van der Waals surface area (Å²) in [6, 6.07) is 10.2. The third-order valence-corrected chi connectivity index (χ3v) is 1.92. The van der Waals surface area contributed by atoms with Gasteiger partial charge in [0.25, 0.3) is 0 Å². The molecule has 1 aromatic heterocycles. The lowest BCUT2D eigenvalue weighted by atomic mass is 10.3. The summed E-state index contributed by atoms with van der Waals surface area (Å²) in [5.74, 6) is 0.445. The van der Waals surface area contributed by atoms with Crippen LogP contribution in [0.5, 0.6) is 17.4 Å². The van der Waals surface area contributed by atoms with Crippen molar-refractivity contribution >= 4 is 0 Å². The first-order valence-electron chi connectivity index (χ1n) is 4.98. The zero-order valence-corrected chi connectivity index (χ0v) is 9.02. The maximum atomic E-state index is 11.9. The van der Waals surface area contributed by atoms with Crippen LogP contribution in [0.15, 0.2) is 48.7 Å². The highest BCUT2D eigenvalue weighted by Crippen LogP contribution is 2.26. The number of hydrogen-bond donors (Lipinski definition) is 0. The average Bonchev–Trinajstić information content (AvgIpc) is 2.31. The molecule has 0 aliphatic heterocycles. The van der Waals surface area contributed by atoms with Crippen LogP contribution in [-0.4, -0.2) is 11.3 Å². The van der Waals surface area contributed by atoms with Gasteiger partial charge in [0.2, 0.25) is 5.88 Å². The van der Waals surface area contributed by atoms with Crippen LogP contribution in [0.2, 0.25) is 0 Å². The summed E-state index contributed by atoms with van der Waals surface area (Å²) in [7, 11) is 0. The van der Waals surface area contributed by atoms with E-state index in [2.05, 4.69) is 9.72 Å². The van der Waals surface area contributed by atoms with Crippen molar-refractivity contribution in [3.63, 3.8) is 0 Å². The minimum Gasteiger partial charge on any atom is -0.439 e. The number of halogens is 3. The fourth-order valence-electron chi connectivity index (χ4n) is 1.24. The topological polar surface area (TPSA) is 31.4 Å². The first kappa shape index (κ1) is 12.2. The maximum Gasteiger partial charge on any atom is 0.573 e. The van der Waals surface area contributed by atoms with Gasteiger partial charge in [0.1, 0.15) is 11.5 Å². The predicted octanol–water partition coefficient (Wildman–Crippen LogP) is 3.77. The average molecular weight is 255 g/mol. The van der Waals surface area contributed by atoms with Gasteiger partial charge < -0.3 is 9.47 Å². The molecule has 3 nitrogen and oxygen atoms in total. The number of rotatable bonds is 3. The molecule has 0 radical (unpaired) electrons. The molecule has 0 amide bonds. The van der Waals surface area contributed by atoms with Gasteiger partial charge in [0.15, 0.2) is 0 Å². The Bertz CT molecular complexity index is 497. The quantitative estimate of drug-likeness (QED) is 0.836. The predicted molar refractivity (Wildman–Crippen MR) is 57.4 cm³/mol. The summed E-state index contributed by atoms with van der Waals surface area (Å²) < 4.78 is 44.8. The van der Waals surface area contributed by atoms with Crippen molar-refractivity contribution < 1.29 is 22.6 Å². The van der Waals surface area contributed by atoms with E-state index < -0.39 is 6.36 Å². The van der Waals surface area contributed by atoms with Crippen molar-refractivity contribution in [2.24, 2.45) is 0 Å². The summed E-state index contributed by atoms with van der Waals surface area (Å²) >= 11 is 0. The van der Waals surface area contributed by atoms with Gasteiger partial charge in [0, 0.05) is 12.3 Å². The Morgan fingerprint density at radius 1 is 0.889 bits per heavy atom. The highest BCUT2D eigenvalue weighted by molar-refractivity contribution is 5.33. The number of aromatic nitrogens is 1. The van der Waals surface area contributed by atoms with Gasteiger partial charge in [-0.3, -0.25) is 0 Å². The SMILES string of the molecule is FC(F)(F)Oc1ccc(Oc2ccccn2)cc1. The monoisotopic (exact) mass is 255 g/mol. The molecule has 0 bridgehead atoms. The molecule has 0 saturated carbocycles. The van der Waals surface area contributed by atoms with Crippen molar-refractivity contribution in [1.82, 2.24) is 4.98 Å². The van der Waals surface area contributed by atoms with Gasteiger partial charge in [-0.2, -0.15) is 0 Å². The summed E-state index contributed by atoms with van der Waals surface area (Å²) in [4.78, 5) is 3.92. The van der Waals surface area contributed by atoms with E-state index in [4.69, 9.17) is 4.74 Å². The third-order valence-electron chi connectivity index (χ3n) is 1.92. The smallest absolute Gasteiger partial charge is 0.439 e. The van der Waals surface area contributed by atoms with Crippen molar-refractivity contribution in [2.45, 2.75) is 6.36 Å². The number of nitrogens with zero attached hydrogens (tertiary/aromatic N) is 1. The lowest BCUT2D eigenvalue weighted by Crippen LogP contribution is -2.16. The van der Waals surface area contributed by atoms with Crippen LogP contribution in [0.1, 0.15) is 0 Å². The Kier molecular flexibility index (Phi) is 3.36. The maximum absolute atomic E-state index is 11.9. The summed E-state index contributed by atoms with van der Waals surface area (Å²) in [5, 5.41) is 0. The molecule has 0 saturated heterocycles. The normalized spacial score (nSPS) is 11.1. The van der Waals surface area contributed by atoms with Crippen molar-refractivity contribution in [1.29, 1.82) is 0 Å². The highest BCUT2D eigenvalue weighted by atomic mass is 19.4. The molecule has 2 rings (SSSR count). The van der Waals surface area contributed by atoms with Gasteiger partial charge in [-0.05, 0) is 30.3 Å². The van der Waals surface area contributed by atoms with Crippen LogP contribution in [0.4, 0.5) is 13.2 Å². The Hall–Kier alpha value is -2.24. The van der Waals surface area contributed by atoms with E-state index in [0.717, 1.165) is 0 Å². The third kappa shape index (κ3) is 3.65. The second kappa shape index (κ2) is 4.95. The summed E-state index contributed by atoms with van der Waals surface area (Å²) in [5.41, 5.74) is 0. The molecular formula is C12H8F3NO2. The van der Waals surface area contributed by atoms with Crippen LogP contribution < -0.4 is 9.47 Å². The fraction of sp³-hybridized carbons (Fsp3) is 0.0833. The number of pyridine rings is 1. The molecular weight excluding hydrogens is 247 g/mol. The van der Waals surface area contributed by atoms with E-state index in [9.17, 15) is 13.2 Å². The Morgan fingerprint density at radius 3 is 2.11 bits per heavy atom. The van der Waals surface area contributed by atoms with E-state index in [1.807, 2.05) is 0 Å². The van der Waals surface area contributed by atoms with Crippen molar-refractivity contribution in [3.05, 3.63) is 48.7 Å². The molecule has 0 fully saturated rings. The lowest BCUT2D eigenvalue weighted by molar-refractivity contribution is -0.274. The first-order valence-corrected chi connectivity index (χ1v) is 4.98. The molecule has 0 spiro atoms. The molecule has 6 heteroatoms. The minimum absolute atomic E-state index is 0.295. The molecule has 0 aliphatic rings. The van der Waals surface area contributed by atoms with E-state index >= 15 is 0 Å². The van der Waals surface area contributed by atoms with Crippen LogP contribution >= 0.6 is 0 Å². The number of hydrogen-bond acceptors (Lipinski definition) is 3. The zero-order valence-electron chi connectivity index (χ0n) is 9.02. The second-order valence-electron chi connectivity index (χ2n) is 3.29. The van der Waals surface area contributed by atoms with Crippen LogP contribution in [0.3, 0.4) is 0 Å². The van der Waals surface area contributed by atoms with Gasteiger partial charge >= 0.3 is 6.36 Å². The molecule has 0 aliphatic carbocycles. The molecule has 0 atom stereocenters. The van der Waals surface area contributed by atoms with Crippen molar-refractivity contribution in [3.8, 4) is 17.4 Å². The van der Waals surface area contributed by atoms with Gasteiger partial charge in [0.05, 0.1) is 0 Å². The van der Waals surface area contributed by atoms with Gasteiger partial charge in [-0.15, -0.1) is 13.2 Å². The largest absolute Gasteiger partial charge is 0.573 e. The first-order chi connectivity index (χ1) is 8.53. The molecule has 2 aromatic rings. The minimum atomic E-state index is -4.69. The van der Waals surface area contributed by atoms with E-state index in [1.165, 1.54) is 24.3 Å². The summed E-state index contributed by atoms with van der Waals surface area (Å²) in [6.07, 6.45) is -3.14. The highest BCUT2D eigenvalue weighted by Gasteiger charge is 2.30. The molecule has 18 heavy (non-hydrogen) atoms. The standard InChI is InChI=1S/C12H8F3NO2/c13-12(14,15)18-10-6-4-9(5-7-10)17-11-3-1-2-8-16-11/h1-8H. The van der Waals surface area contributed by atoms with Gasteiger partial charge in [-0.25, -0.2) is 4.98 Å². The van der Waals surface area contributed by atoms with Crippen LogP contribution in [0, 0.1) is 0 Å². The number of benzene rings is 1. The van der Waals surface area contributed by atoms with Crippen LogP contribution in [0.25, 0.3) is 0 Å². The summed E-state index contributed by atoms with van der Waals surface area (Å²) in [6.45, 7) is 0. The molecule has 0 N–H and O–H groups in total. The molecule has 1 heterocycles. The van der Waals surface area contributed by atoms with E-state index in [-0.39, 0.29) is 5.75 Å². The molecule has 1 aromatic carbocycles. The second-order valence-corrected chi connectivity index (χ2v) is 3.29. The van der Waals surface area contributed by atoms with E-state index in [0.29, 0.717) is 11.6 Å². The van der Waals surface area contributed by atoms with Crippen LogP contribution in [-0.2, 0) is 0 Å². The molecule has 94 valence electrons. The number of ether oxygens (including phenoxy) is 2. The zero-order chi connectivity index (χ0) is 13.0. The lowest BCUT2D eigenvalue weighted by Gasteiger charge is -2.09. The number of alkyl halides is 3. The Balaban J connectivity index is 2.04.